The molecular formula is C72H87Cl3F7N9O8S. The number of unbranched alkanes of at least 4 members (excludes halogenated alkanes) is 2. The lowest BCUT2D eigenvalue weighted by Crippen LogP contribution is -2.50. The molecule has 0 bridgehead atoms. The van der Waals surface area contributed by atoms with Crippen LogP contribution in [0.1, 0.15) is 108 Å². The minimum absolute atomic E-state index is 0. The summed E-state index contributed by atoms with van der Waals surface area (Å²) in [6.07, 6.45) is -4.39. The average Bonchev–Trinajstić information content (AvgIpc) is 1.58. The molecule has 0 radical (unpaired) electrons. The van der Waals surface area contributed by atoms with Gasteiger partial charge in [-0.05, 0) is 130 Å². The van der Waals surface area contributed by atoms with E-state index in [1.54, 1.807) is 28.8 Å². The van der Waals surface area contributed by atoms with Crippen LogP contribution in [0.3, 0.4) is 0 Å². The van der Waals surface area contributed by atoms with E-state index in [0.29, 0.717) is 120 Å². The number of carbonyl (C=O) groups excluding carboxylic acids is 4. The zero-order chi connectivity index (χ0) is 69.1. The Morgan fingerprint density at radius 1 is 0.710 bits per heavy atom. The first-order valence-corrected chi connectivity index (χ1v) is 34.0. The number of carboxylic acid groups (broad SMARTS) is 1. The van der Waals surface area contributed by atoms with E-state index in [2.05, 4.69) is 32.2 Å². The summed E-state index contributed by atoms with van der Waals surface area (Å²) >= 11 is 1.43. The van der Waals surface area contributed by atoms with Gasteiger partial charge in [-0.3, -0.25) is 24.1 Å². The number of anilines is 2. The van der Waals surface area contributed by atoms with Crippen molar-refractivity contribution in [3.8, 4) is 11.1 Å². The molecule has 3 saturated heterocycles. The van der Waals surface area contributed by atoms with E-state index in [0.717, 1.165) is 71.2 Å². The lowest BCUT2D eigenvalue weighted by Gasteiger charge is -2.44. The maximum absolute atomic E-state index is 14.2. The summed E-state index contributed by atoms with van der Waals surface area (Å²) < 4.78 is 110. The van der Waals surface area contributed by atoms with Crippen molar-refractivity contribution in [1.29, 1.82) is 0 Å². The number of piperidine rings is 2. The van der Waals surface area contributed by atoms with Gasteiger partial charge in [-0.1, -0.05) is 91.3 Å². The van der Waals surface area contributed by atoms with E-state index < -0.39 is 64.6 Å². The second-order valence-corrected chi connectivity index (χ2v) is 26.8. The Kier molecular flexibility index (Phi) is 28.6. The third kappa shape index (κ3) is 19.9. The van der Waals surface area contributed by atoms with E-state index in [-0.39, 0.29) is 99.1 Å². The third-order valence-corrected chi connectivity index (χ3v) is 20.5. The standard InChI is InChI=1S/C72H84F7N9O8S.3ClH/c1-82(64(90)45-57-47-97-67(81-57)80-31-13-5-8-21-63(89)84(3)39-40-85-34-26-58(27-35-85)88(68(93)94)61-20-12-10-18-59(61)50-15-6-4-7-16-50)32-14-33-83(2)65(91)46-95-62-43-51-17-9-11-19-60(51)69(62)28-36-86(37-29-69)38-30-70(53-22-24-56(73)25-23-53)48-87(49-96-70)66(92)52-41-54(71(74,75)76)44-55(42-52)72(77,78)79;;;/h4,6-7,9-12,15-20,22-25,41-42,44,47,58,62H,5,8,13-14,21,26-40,43,45-46,48-49H2,1-3H3,(H,80,81)(H,93,94);3*1H/t62-,70+;;;/m0.../s1. The van der Waals surface area contributed by atoms with Gasteiger partial charge < -0.3 is 49.3 Å². The van der Waals surface area contributed by atoms with Crippen LogP contribution in [0.2, 0.25) is 0 Å². The number of amides is 5. The summed E-state index contributed by atoms with van der Waals surface area (Å²) in [4.78, 5) is 83.2. The fourth-order valence-corrected chi connectivity index (χ4v) is 14.7. The van der Waals surface area contributed by atoms with Gasteiger partial charge in [-0.15, -0.1) is 48.6 Å². The lowest BCUT2D eigenvalue weighted by molar-refractivity contribution is -0.143. The van der Waals surface area contributed by atoms with Crippen molar-refractivity contribution >= 4 is 89.1 Å². The highest BCUT2D eigenvalue weighted by Crippen LogP contribution is 2.49. The number of fused-ring (bicyclic) bond motifs is 2. The number of nitrogens with one attached hydrogen (secondary N) is 1. The van der Waals surface area contributed by atoms with Crippen LogP contribution in [0.4, 0.5) is 46.3 Å². The van der Waals surface area contributed by atoms with Crippen LogP contribution in [0.25, 0.3) is 11.1 Å². The summed E-state index contributed by atoms with van der Waals surface area (Å²) in [6.45, 7) is 5.12. The predicted molar refractivity (Wildman–Crippen MR) is 377 cm³/mol. The van der Waals surface area contributed by atoms with E-state index in [9.17, 15) is 59.8 Å². The number of nitrogens with zero attached hydrogens (tertiary/aromatic N) is 8. The van der Waals surface area contributed by atoms with Gasteiger partial charge in [0, 0.05) is 108 Å². The van der Waals surface area contributed by atoms with E-state index in [4.69, 9.17) is 9.47 Å². The molecule has 2 atom stereocenters. The molecule has 2 N–H and O–H groups in total. The van der Waals surface area contributed by atoms with Gasteiger partial charge in [0.1, 0.15) is 24.8 Å². The molecule has 100 heavy (non-hydrogen) atoms. The number of thiazole rings is 1. The Morgan fingerprint density at radius 2 is 1.33 bits per heavy atom. The molecule has 1 spiro atoms. The van der Waals surface area contributed by atoms with Gasteiger partial charge in [-0.2, -0.15) is 26.3 Å². The average molecular weight is 1480 g/mol. The number of ether oxygens (including phenoxy) is 2. The molecule has 3 fully saturated rings. The first-order chi connectivity index (χ1) is 46.4. The normalized spacial score (nSPS) is 17.7. The number of rotatable bonds is 27. The van der Waals surface area contributed by atoms with Gasteiger partial charge in [-0.25, -0.2) is 14.2 Å². The molecule has 3 aliphatic heterocycles. The highest BCUT2D eigenvalue weighted by Gasteiger charge is 2.50. The number of carbonyl (C=O) groups is 5. The van der Waals surface area contributed by atoms with Crippen molar-refractivity contribution in [1.82, 2.24) is 34.4 Å². The number of hydrogen-bond donors (Lipinski definition) is 2. The second kappa shape index (κ2) is 35.7. The van der Waals surface area contributed by atoms with Crippen molar-refractivity contribution in [2.45, 2.75) is 113 Å². The smallest absolute Gasteiger partial charge is 0.416 e. The molecule has 6 aromatic rings. The van der Waals surface area contributed by atoms with E-state index in [1.165, 1.54) is 40.5 Å². The molecular weight excluding hydrogens is 1390 g/mol. The molecule has 544 valence electrons. The Bertz CT molecular complexity index is 3660. The van der Waals surface area contributed by atoms with Crippen molar-refractivity contribution in [3.05, 3.63) is 172 Å². The van der Waals surface area contributed by atoms with E-state index >= 15 is 0 Å². The molecule has 5 amide bonds. The van der Waals surface area contributed by atoms with Crippen LogP contribution in [-0.2, 0) is 60.1 Å². The van der Waals surface area contributed by atoms with Gasteiger partial charge >= 0.3 is 18.4 Å². The number of hydrogen-bond acceptors (Lipinski definition) is 12. The van der Waals surface area contributed by atoms with Crippen LogP contribution in [0, 0.1) is 5.82 Å². The van der Waals surface area contributed by atoms with Gasteiger partial charge in [0.05, 0.1) is 41.6 Å². The zero-order valence-electron chi connectivity index (χ0n) is 56.1. The van der Waals surface area contributed by atoms with Crippen LogP contribution >= 0.6 is 48.6 Å². The fraction of sp³-hybridized carbons (Fsp3) is 0.472. The monoisotopic (exact) mass is 1480 g/mol. The Labute approximate surface area is 601 Å². The maximum atomic E-state index is 14.2. The number of alkyl halides is 6. The molecule has 0 unspecified atom stereocenters. The summed E-state index contributed by atoms with van der Waals surface area (Å²) in [5, 5.41) is 16.3. The Balaban J connectivity index is 0.00000468. The topological polar surface area (TPSA) is 172 Å². The molecule has 1 aromatic heterocycles. The molecule has 17 nitrogen and oxygen atoms in total. The minimum Gasteiger partial charge on any atom is -0.465 e. The fourth-order valence-electron chi connectivity index (χ4n) is 13.9. The van der Waals surface area contributed by atoms with Crippen molar-refractivity contribution in [3.63, 3.8) is 0 Å². The molecule has 10 rings (SSSR count). The molecule has 4 heterocycles. The van der Waals surface area contributed by atoms with Crippen molar-refractivity contribution in [2.75, 3.05) is 117 Å². The maximum Gasteiger partial charge on any atom is 0.416 e. The van der Waals surface area contributed by atoms with Crippen molar-refractivity contribution in [2.24, 2.45) is 0 Å². The summed E-state index contributed by atoms with van der Waals surface area (Å²) in [5.41, 5.74) is 0.305. The molecule has 28 heteroatoms. The first kappa shape index (κ1) is 80.2. The Hall–Kier alpha value is -7.10. The number of para-hydroxylation sites is 1. The number of aromatic nitrogens is 1. The van der Waals surface area contributed by atoms with Crippen LogP contribution in [0.15, 0.2) is 127 Å². The molecule has 4 aliphatic rings. The highest BCUT2D eigenvalue weighted by atomic mass is 35.5. The second-order valence-electron chi connectivity index (χ2n) is 25.9. The third-order valence-electron chi connectivity index (χ3n) is 19.6. The lowest BCUT2D eigenvalue weighted by atomic mass is 9.72. The van der Waals surface area contributed by atoms with E-state index in [1.807, 2.05) is 79.2 Å². The largest absolute Gasteiger partial charge is 0.465 e. The number of likely N-dealkylation sites (tertiary alicyclic amines) is 2. The molecule has 1 aliphatic carbocycles. The quantitative estimate of drug-likeness (QED) is 0.0370. The minimum atomic E-state index is -5.15. The van der Waals surface area contributed by atoms with Crippen LogP contribution < -0.4 is 10.2 Å². The molecule has 0 saturated carbocycles. The summed E-state index contributed by atoms with van der Waals surface area (Å²) in [5.74, 6) is -1.81. The summed E-state index contributed by atoms with van der Waals surface area (Å²) in [6, 6.07) is 31.7. The SMILES string of the molecule is CN(CCN1CCC(N(C(=O)O)c2ccccc2-c2ccccc2)CC1)C(=O)CCCCCNc1nc(CC(=O)N(C)CCCN(C)C(=O)CO[C@H]2Cc3ccccc3C23CCN(CC[C@]2(c4ccc(F)cc4)CN(C(=O)c4cc(C(F)(F)F)cc(C(F)(F)F)c4)CO2)CC3)cs1.Cl.Cl.Cl. The predicted octanol–water partition coefficient (Wildman–Crippen LogP) is 13.6. The van der Waals surface area contributed by atoms with Gasteiger partial charge in [0.25, 0.3) is 5.91 Å². The van der Waals surface area contributed by atoms with Gasteiger partial charge in [0.2, 0.25) is 17.7 Å². The van der Waals surface area contributed by atoms with Crippen LogP contribution in [0.5, 0.6) is 0 Å². The highest BCUT2D eigenvalue weighted by molar-refractivity contribution is 7.13. The molecule has 5 aromatic carbocycles. The van der Waals surface area contributed by atoms with Crippen molar-refractivity contribution < 1.29 is 69.3 Å². The summed E-state index contributed by atoms with van der Waals surface area (Å²) in [7, 11) is 5.28. The Morgan fingerprint density at radius 3 is 2.00 bits per heavy atom. The van der Waals surface area contributed by atoms with Crippen LogP contribution in [-0.4, -0.2) is 188 Å². The first-order valence-electron chi connectivity index (χ1n) is 33.1. The number of likely N-dealkylation sites (N-methyl/N-ethyl adjacent to an activating group) is 3. The number of halogens is 10. The number of benzene rings is 5. The zero-order valence-corrected chi connectivity index (χ0v) is 59.4. The van der Waals surface area contributed by atoms with Gasteiger partial charge in [0.15, 0.2) is 5.13 Å².